The number of ether oxygens (including phenoxy) is 1. The molecule has 2 rings (SSSR count). The van der Waals surface area contributed by atoms with E-state index in [1.807, 2.05) is 30.3 Å². The molecular formula is C14H14N2O2S. The third kappa shape index (κ3) is 2.95. The zero-order valence-electron chi connectivity index (χ0n) is 10.4. The van der Waals surface area contributed by atoms with Gasteiger partial charge < -0.3 is 15.6 Å². The second kappa shape index (κ2) is 5.58. The van der Waals surface area contributed by atoms with Crippen LogP contribution >= 0.6 is 12.2 Å². The Morgan fingerprint density at radius 3 is 2.37 bits per heavy atom. The van der Waals surface area contributed by atoms with Gasteiger partial charge in [0.15, 0.2) is 5.11 Å². The maximum atomic E-state index is 9.54. The van der Waals surface area contributed by atoms with E-state index in [1.54, 1.807) is 30.2 Å². The van der Waals surface area contributed by atoms with Crippen LogP contribution in [0.2, 0.25) is 0 Å². The summed E-state index contributed by atoms with van der Waals surface area (Å²) in [6.45, 7) is 0. The number of anilines is 2. The summed E-state index contributed by atoms with van der Waals surface area (Å²) >= 11 is 5.08. The number of thiocarbonyl (C=S) groups is 1. The number of hydrogen-bond donors (Lipinski definition) is 2. The van der Waals surface area contributed by atoms with Gasteiger partial charge in [0.2, 0.25) is 0 Å². The van der Waals surface area contributed by atoms with E-state index in [-0.39, 0.29) is 10.9 Å². The molecular weight excluding hydrogens is 260 g/mol. The molecule has 0 saturated carbocycles. The average Bonchev–Trinajstić information content (AvgIpc) is 2.39. The zero-order valence-corrected chi connectivity index (χ0v) is 11.2. The van der Waals surface area contributed by atoms with Gasteiger partial charge in [0.25, 0.3) is 0 Å². The third-order valence-corrected chi connectivity index (χ3v) is 2.82. The molecule has 0 radical (unpaired) electrons. The van der Waals surface area contributed by atoms with Gasteiger partial charge in [-0.2, -0.15) is 0 Å². The molecule has 0 heterocycles. The van der Waals surface area contributed by atoms with Gasteiger partial charge in [0.1, 0.15) is 11.5 Å². The lowest BCUT2D eigenvalue weighted by Gasteiger charge is -2.23. The molecule has 0 aliphatic heterocycles. The van der Waals surface area contributed by atoms with Crippen molar-refractivity contribution in [1.29, 1.82) is 0 Å². The van der Waals surface area contributed by atoms with Crippen LogP contribution in [-0.2, 0) is 0 Å². The summed E-state index contributed by atoms with van der Waals surface area (Å²) in [4.78, 5) is 1.68. The molecule has 4 nitrogen and oxygen atoms in total. The minimum atomic E-state index is 0.160. The molecule has 0 aromatic heterocycles. The Bertz CT molecular complexity index is 584. The summed E-state index contributed by atoms with van der Waals surface area (Å²) in [5.74, 6) is 0.912. The third-order valence-electron chi connectivity index (χ3n) is 2.64. The fourth-order valence-electron chi connectivity index (χ4n) is 1.77. The molecule has 0 atom stereocenters. The van der Waals surface area contributed by atoms with E-state index in [4.69, 9.17) is 22.7 Å². The minimum Gasteiger partial charge on any atom is -0.508 e. The second-order valence-electron chi connectivity index (χ2n) is 3.89. The van der Waals surface area contributed by atoms with E-state index in [9.17, 15) is 5.11 Å². The number of phenols is 1. The fraction of sp³-hybridized carbons (Fsp3) is 0.0714. The quantitative estimate of drug-likeness (QED) is 0.843. The lowest BCUT2D eigenvalue weighted by molar-refractivity contribution is 0.415. The second-order valence-corrected chi connectivity index (χ2v) is 4.31. The van der Waals surface area contributed by atoms with Crippen LogP contribution in [0.4, 0.5) is 11.4 Å². The van der Waals surface area contributed by atoms with Crippen LogP contribution < -0.4 is 15.4 Å². The molecule has 5 heteroatoms. The molecule has 0 fully saturated rings. The maximum absolute atomic E-state index is 9.54. The first-order chi connectivity index (χ1) is 9.11. The highest BCUT2D eigenvalue weighted by atomic mass is 32.1. The lowest BCUT2D eigenvalue weighted by Crippen LogP contribution is -2.31. The van der Waals surface area contributed by atoms with Gasteiger partial charge in [-0.3, -0.25) is 4.90 Å². The normalized spacial score (nSPS) is 9.95. The number of methoxy groups -OCH3 is 1. The van der Waals surface area contributed by atoms with Gasteiger partial charge in [0.05, 0.1) is 12.8 Å². The summed E-state index contributed by atoms with van der Waals surface area (Å²) in [5, 5.41) is 9.75. The van der Waals surface area contributed by atoms with Crippen LogP contribution in [0.3, 0.4) is 0 Å². The Morgan fingerprint density at radius 2 is 1.84 bits per heavy atom. The standard InChI is InChI=1S/C14H14N2O2S/c1-18-13-7-5-10(6-8-13)16(14(15)19)11-3-2-4-12(17)9-11/h2-9,17H,1H3,(H2,15,19). The van der Waals surface area contributed by atoms with Crippen molar-refractivity contribution in [3.63, 3.8) is 0 Å². The van der Waals surface area contributed by atoms with Crippen molar-refractivity contribution >= 4 is 28.7 Å². The van der Waals surface area contributed by atoms with E-state index >= 15 is 0 Å². The van der Waals surface area contributed by atoms with Crippen LogP contribution in [0.5, 0.6) is 11.5 Å². The largest absolute Gasteiger partial charge is 0.508 e. The predicted octanol–water partition coefficient (Wildman–Crippen LogP) is 2.78. The Hall–Kier alpha value is -2.27. The summed E-state index contributed by atoms with van der Waals surface area (Å²) in [6, 6.07) is 14.1. The van der Waals surface area contributed by atoms with Crippen molar-refractivity contribution in [3.05, 3.63) is 48.5 Å². The Labute approximate surface area is 117 Å². The first-order valence-electron chi connectivity index (χ1n) is 5.64. The summed E-state index contributed by atoms with van der Waals surface area (Å²) in [7, 11) is 1.61. The van der Waals surface area contributed by atoms with Crippen LogP contribution in [0.1, 0.15) is 0 Å². The Kier molecular flexibility index (Phi) is 3.87. The van der Waals surface area contributed by atoms with Crippen molar-refractivity contribution < 1.29 is 9.84 Å². The maximum Gasteiger partial charge on any atom is 0.175 e. The van der Waals surface area contributed by atoms with Gasteiger partial charge in [-0.05, 0) is 48.6 Å². The number of hydrogen-bond acceptors (Lipinski definition) is 3. The van der Waals surface area contributed by atoms with E-state index in [1.165, 1.54) is 0 Å². The predicted molar refractivity (Wildman–Crippen MR) is 80.0 cm³/mol. The van der Waals surface area contributed by atoms with Crippen LogP contribution in [0, 0.1) is 0 Å². The molecule has 2 aromatic carbocycles. The molecule has 0 aliphatic rings. The van der Waals surface area contributed by atoms with Gasteiger partial charge in [-0.1, -0.05) is 6.07 Å². The Balaban J connectivity index is 2.42. The molecule has 0 bridgehead atoms. The zero-order chi connectivity index (χ0) is 13.8. The van der Waals surface area contributed by atoms with Crippen molar-refractivity contribution in [3.8, 4) is 11.5 Å². The van der Waals surface area contributed by atoms with Crippen molar-refractivity contribution in [2.24, 2.45) is 5.73 Å². The number of benzene rings is 2. The highest BCUT2D eigenvalue weighted by Crippen LogP contribution is 2.29. The minimum absolute atomic E-state index is 0.160. The summed E-state index contributed by atoms with van der Waals surface area (Å²) < 4.78 is 5.11. The molecule has 0 aliphatic carbocycles. The van der Waals surface area contributed by atoms with Gasteiger partial charge in [-0.15, -0.1) is 0 Å². The number of rotatable bonds is 3. The molecule has 0 saturated heterocycles. The molecule has 0 amide bonds. The monoisotopic (exact) mass is 274 g/mol. The number of aromatic hydroxyl groups is 1. The van der Waals surface area contributed by atoms with E-state index in [0.717, 1.165) is 11.4 Å². The molecule has 98 valence electrons. The van der Waals surface area contributed by atoms with Gasteiger partial charge >= 0.3 is 0 Å². The first-order valence-corrected chi connectivity index (χ1v) is 6.05. The number of nitrogens with two attached hydrogens (primary N) is 1. The number of nitrogens with zero attached hydrogens (tertiary/aromatic N) is 1. The van der Waals surface area contributed by atoms with Crippen LogP contribution in [0.15, 0.2) is 48.5 Å². The van der Waals surface area contributed by atoms with E-state index < -0.39 is 0 Å². The van der Waals surface area contributed by atoms with Gasteiger partial charge in [0, 0.05) is 11.8 Å². The first kappa shape index (κ1) is 13.2. The SMILES string of the molecule is COc1ccc(N(C(N)=S)c2cccc(O)c2)cc1. The van der Waals surface area contributed by atoms with Crippen molar-refractivity contribution in [2.45, 2.75) is 0 Å². The molecule has 2 aromatic rings. The Morgan fingerprint density at radius 1 is 1.16 bits per heavy atom. The fourth-order valence-corrected chi connectivity index (χ4v) is 1.98. The average molecular weight is 274 g/mol. The van der Waals surface area contributed by atoms with E-state index in [2.05, 4.69) is 0 Å². The molecule has 0 unspecified atom stereocenters. The highest BCUT2D eigenvalue weighted by molar-refractivity contribution is 7.80. The summed E-state index contributed by atoms with van der Waals surface area (Å²) in [6.07, 6.45) is 0. The lowest BCUT2D eigenvalue weighted by atomic mass is 10.2. The van der Waals surface area contributed by atoms with Crippen LogP contribution in [-0.4, -0.2) is 17.3 Å². The van der Waals surface area contributed by atoms with Crippen molar-refractivity contribution in [2.75, 3.05) is 12.0 Å². The van der Waals surface area contributed by atoms with Crippen molar-refractivity contribution in [1.82, 2.24) is 0 Å². The smallest absolute Gasteiger partial charge is 0.175 e. The number of phenolic OH excluding ortho intramolecular Hbond substituents is 1. The summed E-state index contributed by atoms with van der Waals surface area (Å²) in [5.41, 5.74) is 7.28. The molecule has 19 heavy (non-hydrogen) atoms. The van der Waals surface area contributed by atoms with Gasteiger partial charge in [-0.25, -0.2) is 0 Å². The van der Waals surface area contributed by atoms with Crippen LogP contribution in [0.25, 0.3) is 0 Å². The van der Waals surface area contributed by atoms with E-state index in [0.29, 0.717) is 5.69 Å². The molecule has 0 spiro atoms. The highest BCUT2D eigenvalue weighted by Gasteiger charge is 2.12. The molecule has 3 N–H and O–H groups in total. The topological polar surface area (TPSA) is 58.7 Å².